The van der Waals surface area contributed by atoms with Gasteiger partial charge in [-0.2, -0.15) is 12.7 Å². The van der Waals surface area contributed by atoms with Crippen LogP contribution < -0.4 is 14.4 Å². The van der Waals surface area contributed by atoms with Crippen molar-refractivity contribution in [3.8, 4) is 5.75 Å². The van der Waals surface area contributed by atoms with E-state index >= 15 is 0 Å². The molecule has 9 nitrogen and oxygen atoms in total. The number of carbonyl (C=O) groups excluding carboxylic acids is 2. The topological polar surface area (TPSA) is 99.3 Å². The first-order valence-electron chi connectivity index (χ1n) is 13.4. The van der Waals surface area contributed by atoms with Gasteiger partial charge in [-0.1, -0.05) is 60.7 Å². The fraction of sp³-hybridized carbons (Fsp3) is 0.355. The fourth-order valence-electron chi connectivity index (χ4n) is 4.29. The van der Waals surface area contributed by atoms with E-state index in [1.54, 1.807) is 49.6 Å². The van der Waals surface area contributed by atoms with Crippen molar-refractivity contribution in [2.24, 2.45) is 0 Å². The summed E-state index contributed by atoms with van der Waals surface area (Å²) < 4.78 is 34.3. The number of carbonyl (C=O) groups is 2. The van der Waals surface area contributed by atoms with E-state index in [1.165, 1.54) is 19.0 Å². The molecule has 2 amide bonds. The normalized spacial score (nSPS) is 12.5. The molecular formula is C31H40N4O5S. The molecule has 0 bridgehead atoms. The van der Waals surface area contributed by atoms with Crippen LogP contribution in [0.2, 0.25) is 0 Å². The predicted octanol–water partition coefficient (Wildman–Crippen LogP) is 3.86. The highest BCUT2D eigenvalue weighted by molar-refractivity contribution is 7.90. The Hall–Kier alpha value is -3.89. The van der Waals surface area contributed by atoms with Crippen LogP contribution in [0.1, 0.15) is 31.9 Å². The number of nitrogens with zero attached hydrogens (tertiary/aromatic N) is 3. The third-order valence-corrected chi connectivity index (χ3v) is 8.14. The van der Waals surface area contributed by atoms with Gasteiger partial charge in [0.25, 0.3) is 0 Å². The molecule has 1 N–H and O–H groups in total. The lowest BCUT2D eigenvalue weighted by molar-refractivity contribution is -0.140. The van der Waals surface area contributed by atoms with Gasteiger partial charge in [0.05, 0.1) is 12.8 Å². The maximum absolute atomic E-state index is 14.2. The Balaban J connectivity index is 2.11. The van der Waals surface area contributed by atoms with E-state index in [9.17, 15) is 18.0 Å². The fourth-order valence-corrected chi connectivity index (χ4v) is 5.34. The molecule has 0 heterocycles. The molecule has 0 unspecified atom stereocenters. The largest absolute Gasteiger partial charge is 0.497 e. The summed E-state index contributed by atoms with van der Waals surface area (Å²) >= 11 is 0. The van der Waals surface area contributed by atoms with Gasteiger partial charge < -0.3 is 15.0 Å². The van der Waals surface area contributed by atoms with Crippen molar-refractivity contribution in [2.75, 3.05) is 32.1 Å². The van der Waals surface area contributed by atoms with Gasteiger partial charge in [-0.25, -0.2) is 4.31 Å². The average molecular weight is 581 g/mol. The van der Waals surface area contributed by atoms with Crippen LogP contribution in [0.15, 0.2) is 84.9 Å². The second-order valence-electron chi connectivity index (χ2n) is 11.0. The molecule has 10 heteroatoms. The Labute approximate surface area is 243 Å². The number of benzene rings is 3. The lowest BCUT2D eigenvalue weighted by Crippen LogP contribution is -2.56. The number of hydrogen-bond donors (Lipinski definition) is 1. The zero-order chi connectivity index (χ0) is 30.2. The number of hydrogen-bond acceptors (Lipinski definition) is 5. The number of para-hydroxylation sites is 1. The summed E-state index contributed by atoms with van der Waals surface area (Å²) in [4.78, 5) is 29.5. The predicted molar refractivity (Wildman–Crippen MR) is 162 cm³/mol. The molecule has 3 aromatic rings. The van der Waals surface area contributed by atoms with Crippen LogP contribution in [0.25, 0.3) is 0 Å². The van der Waals surface area contributed by atoms with Crippen LogP contribution in [0.3, 0.4) is 0 Å². The molecule has 0 aliphatic rings. The molecule has 3 rings (SSSR count). The van der Waals surface area contributed by atoms with Crippen molar-refractivity contribution in [2.45, 2.75) is 45.3 Å². The SMILES string of the molecule is COc1cccc(CN(C(=O)CN(c2ccccc2)S(=O)(=O)N(C)C)[C@H](Cc2ccccc2)C(=O)NC(C)(C)C)c1. The monoisotopic (exact) mass is 580 g/mol. The van der Waals surface area contributed by atoms with Gasteiger partial charge in [-0.05, 0) is 56.2 Å². The van der Waals surface area contributed by atoms with Crippen molar-refractivity contribution < 1.29 is 22.7 Å². The van der Waals surface area contributed by atoms with Gasteiger partial charge in [0.2, 0.25) is 11.8 Å². The number of ether oxygens (including phenoxy) is 1. The summed E-state index contributed by atoms with van der Waals surface area (Å²) in [7, 11) is 0.348. The van der Waals surface area contributed by atoms with Crippen LogP contribution in [0.5, 0.6) is 5.75 Å². The van der Waals surface area contributed by atoms with Crippen molar-refractivity contribution in [3.63, 3.8) is 0 Å². The first-order chi connectivity index (χ1) is 19.3. The summed E-state index contributed by atoms with van der Waals surface area (Å²) in [6.45, 7) is 5.19. The lowest BCUT2D eigenvalue weighted by Gasteiger charge is -2.35. The second kappa shape index (κ2) is 13.6. The lowest BCUT2D eigenvalue weighted by atomic mass is 10.0. The minimum absolute atomic E-state index is 0.0652. The smallest absolute Gasteiger partial charge is 0.304 e. The molecular weight excluding hydrogens is 540 g/mol. The first kappa shape index (κ1) is 31.6. The highest BCUT2D eigenvalue weighted by Crippen LogP contribution is 2.23. The molecule has 0 radical (unpaired) electrons. The van der Waals surface area contributed by atoms with E-state index in [0.29, 0.717) is 11.4 Å². The third-order valence-electron chi connectivity index (χ3n) is 6.32. The van der Waals surface area contributed by atoms with E-state index in [2.05, 4.69) is 5.32 Å². The van der Waals surface area contributed by atoms with E-state index in [4.69, 9.17) is 4.74 Å². The number of rotatable bonds is 12. The van der Waals surface area contributed by atoms with Gasteiger partial charge in [0, 0.05) is 32.6 Å². The zero-order valence-electron chi connectivity index (χ0n) is 24.6. The average Bonchev–Trinajstić information content (AvgIpc) is 2.93. The molecule has 0 aliphatic carbocycles. The van der Waals surface area contributed by atoms with E-state index in [0.717, 1.165) is 19.7 Å². The molecule has 0 aliphatic heterocycles. The molecule has 41 heavy (non-hydrogen) atoms. The molecule has 0 aromatic heterocycles. The standard InChI is InChI=1S/C31H40N4O5S/c1-31(2,3)32-30(37)28(21-24-14-9-7-10-15-24)34(22-25-16-13-19-27(20-25)40-6)29(36)23-35(41(38,39)33(4)5)26-17-11-8-12-18-26/h7-20,28H,21-23H2,1-6H3,(H,32,37)/t28-/m1/s1. The van der Waals surface area contributed by atoms with Crippen molar-refractivity contribution in [3.05, 3.63) is 96.1 Å². The quantitative estimate of drug-likeness (QED) is 0.351. The van der Waals surface area contributed by atoms with Crippen LogP contribution in [0, 0.1) is 0 Å². The summed E-state index contributed by atoms with van der Waals surface area (Å²) in [5.74, 6) is -0.249. The second-order valence-corrected chi connectivity index (χ2v) is 13.0. The number of amides is 2. The Kier molecular flexibility index (Phi) is 10.5. The number of methoxy groups -OCH3 is 1. The maximum Gasteiger partial charge on any atom is 0.304 e. The summed E-state index contributed by atoms with van der Waals surface area (Å²) in [5.41, 5.74) is 1.39. The Morgan fingerprint density at radius 3 is 2.02 bits per heavy atom. The Bertz CT molecular complexity index is 1410. The van der Waals surface area contributed by atoms with E-state index in [1.807, 2.05) is 63.2 Å². The molecule has 220 valence electrons. The van der Waals surface area contributed by atoms with Crippen molar-refractivity contribution in [1.82, 2.24) is 14.5 Å². The number of anilines is 1. The van der Waals surface area contributed by atoms with Crippen molar-refractivity contribution in [1.29, 1.82) is 0 Å². The molecule has 3 aromatic carbocycles. The molecule has 0 saturated carbocycles. The Morgan fingerprint density at radius 1 is 0.878 bits per heavy atom. The summed E-state index contributed by atoms with van der Waals surface area (Å²) in [5, 5.41) is 3.02. The molecule has 0 saturated heterocycles. The molecule has 0 fully saturated rings. The van der Waals surface area contributed by atoms with Crippen LogP contribution >= 0.6 is 0 Å². The minimum Gasteiger partial charge on any atom is -0.497 e. The van der Waals surface area contributed by atoms with Gasteiger partial charge in [0.15, 0.2) is 0 Å². The summed E-state index contributed by atoms with van der Waals surface area (Å²) in [6, 6.07) is 24.2. The highest BCUT2D eigenvalue weighted by Gasteiger charge is 2.35. The van der Waals surface area contributed by atoms with Crippen LogP contribution in [-0.2, 0) is 32.8 Å². The minimum atomic E-state index is -4.04. The van der Waals surface area contributed by atoms with E-state index < -0.39 is 34.2 Å². The van der Waals surface area contributed by atoms with Gasteiger partial charge in [-0.3, -0.25) is 9.59 Å². The molecule has 0 spiro atoms. The third kappa shape index (κ3) is 8.80. The van der Waals surface area contributed by atoms with Gasteiger partial charge in [0.1, 0.15) is 18.3 Å². The highest BCUT2D eigenvalue weighted by atomic mass is 32.2. The van der Waals surface area contributed by atoms with Gasteiger partial charge >= 0.3 is 10.2 Å². The van der Waals surface area contributed by atoms with Gasteiger partial charge in [-0.15, -0.1) is 0 Å². The first-order valence-corrected chi connectivity index (χ1v) is 14.7. The van der Waals surface area contributed by atoms with E-state index in [-0.39, 0.29) is 18.9 Å². The number of nitrogens with one attached hydrogen (secondary N) is 1. The Morgan fingerprint density at radius 2 is 1.46 bits per heavy atom. The van der Waals surface area contributed by atoms with Crippen LogP contribution in [0.4, 0.5) is 5.69 Å². The zero-order valence-corrected chi connectivity index (χ0v) is 25.4. The summed E-state index contributed by atoms with van der Waals surface area (Å²) in [6.07, 6.45) is 0.240. The van der Waals surface area contributed by atoms with Crippen molar-refractivity contribution >= 4 is 27.7 Å². The maximum atomic E-state index is 14.2. The van der Waals surface area contributed by atoms with Crippen LogP contribution in [-0.4, -0.2) is 68.8 Å². The molecule has 1 atom stereocenters.